The van der Waals surface area contributed by atoms with Gasteiger partial charge in [-0.15, -0.1) is 0 Å². The molecular formula is C9H15N3O. The van der Waals surface area contributed by atoms with Crippen LogP contribution in [0.2, 0.25) is 0 Å². The minimum absolute atomic E-state index is 0.0398. The lowest BCUT2D eigenvalue weighted by atomic mass is 10.3. The van der Waals surface area contributed by atoms with Crippen LogP contribution in [0.15, 0.2) is 18.5 Å². The lowest BCUT2D eigenvalue weighted by Gasteiger charge is -2.02. The highest BCUT2D eigenvalue weighted by atomic mass is 16.1. The molecule has 1 amide bonds. The van der Waals surface area contributed by atoms with Crippen molar-refractivity contribution in [1.82, 2.24) is 15.6 Å². The summed E-state index contributed by atoms with van der Waals surface area (Å²) in [6.07, 6.45) is 3.77. The van der Waals surface area contributed by atoms with Gasteiger partial charge in [0.25, 0.3) is 0 Å². The molecule has 0 bridgehead atoms. The fraction of sp³-hybridized carbons (Fsp3) is 0.444. The molecule has 1 aromatic rings. The van der Waals surface area contributed by atoms with Gasteiger partial charge in [0.1, 0.15) is 0 Å². The number of nitrogens with one attached hydrogen (secondary N) is 3. The lowest BCUT2D eigenvalue weighted by molar-refractivity contribution is -0.120. The fourth-order valence-corrected chi connectivity index (χ4v) is 1.05. The van der Waals surface area contributed by atoms with E-state index in [4.69, 9.17) is 0 Å². The van der Waals surface area contributed by atoms with Crippen LogP contribution in [0.4, 0.5) is 0 Å². The zero-order chi connectivity index (χ0) is 9.52. The highest BCUT2D eigenvalue weighted by Crippen LogP contribution is 1.93. The van der Waals surface area contributed by atoms with Gasteiger partial charge in [0.15, 0.2) is 0 Å². The molecule has 3 N–H and O–H groups in total. The van der Waals surface area contributed by atoms with Crippen LogP contribution in [-0.2, 0) is 11.3 Å². The smallest absolute Gasteiger partial charge is 0.233 e. The van der Waals surface area contributed by atoms with Gasteiger partial charge < -0.3 is 15.6 Å². The lowest BCUT2D eigenvalue weighted by Crippen LogP contribution is -2.33. The Hall–Kier alpha value is -1.29. The zero-order valence-electron chi connectivity index (χ0n) is 7.76. The first-order chi connectivity index (χ1) is 6.33. The average molecular weight is 181 g/mol. The van der Waals surface area contributed by atoms with Crippen molar-refractivity contribution in [2.24, 2.45) is 0 Å². The first-order valence-corrected chi connectivity index (χ1v) is 4.42. The van der Waals surface area contributed by atoms with Crippen LogP contribution in [0.1, 0.15) is 12.5 Å². The van der Waals surface area contributed by atoms with Gasteiger partial charge in [-0.3, -0.25) is 4.79 Å². The second-order valence-corrected chi connectivity index (χ2v) is 2.78. The Morgan fingerprint density at radius 2 is 2.46 bits per heavy atom. The second kappa shape index (κ2) is 5.37. The fourth-order valence-electron chi connectivity index (χ4n) is 1.05. The first kappa shape index (κ1) is 9.80. The average Bonchev–Trinajstić information content (AvgIpc) is 2.57. The van der Waals surface area contributed by atoms with Crippen molar-refractivity contribution in [1.29, 1.82) is 0 Å². The highest BCUT2D eigenvalue weighted by Gasteiger charge is 1.97. The van der Waals surface area contributed by atoms with E-state index in [0.717, 1.165) is 12.1 Å². The summed E-state index contributed by atoms with van der Waals surface area (Å²) in [4.78, 5) is 13.9. The summed E-state index contributed by atoms with van der Waals surface area (Å²) in [5.74, 6) is 0.0398. The van der Waals surface area contributed by atoms with Gasteiger partial charge in [-0.1, -0.05) is 0 Å². The van der Waals surface area contributed by atoms with Crippen LogP contribution in [-0.4, -0.2) is 24.0 Å². The SMILES string of the molecule is CCNC(=O)CNCc1cc[nH]c1. The molecule has 0 atom stereocenters. The third kappa shape index (κ3) is 3.75. The molecular weight excluding hydrogens is 166 g/mol. The summed E-state index contributed by atoms with van der Waals surface area (Å²) in [7, 11) is 0. The van der Waals surface area contributed by atoms with E-state index in [9.17, 15) is 4.79 Å². The maximum absolute atomic E-state index is 11.0. The summed E-state index contributed by atoms with van der Waals surface area (Å²) in [5, 5.41) is 5.76. The molecule has 0 fully saturated rings. The van der Waals surface area contributed by atoms with Gasteiger partial charge in [-0.05, 0) is 18.6 Å². The van der Waals surface area contributed by atoms with E-state index < -0.39 is 0 Å². The van der Waals surface area contributed by atoms with Gasteiger partial charge in [-0.2, -0.15) is 0 Å². The number of carbonyl (C=O) groups is 1. The van der Waals surface area contributed by atoms with E-state index >= 15 is 0 Å². The number of amides is 1. The topological polar surface area (TPSA) is 56.9 Å². The van der Waals surface area contributed by atoms with E-state index in [0.29, 0.717) is 13.1 Å². The number of aromatic amines is 1. The Kier molecular flexibility index (Phi) is 4.05. The normalized spacial score (nSPS) is 9.92. The number of hydrogen-bond acceptors (Lipinski definition) is 2. The number of hydrogen-bond donors (Lipinski definition) is 3. The summed E-state index contributed by atoms with van der Waals surface area (Å²) in [5.41, 5.74) is 1.16. The monoisotopic (exact) mass is 181 g/mol. The minimum atomic E-state index is 0.0398. The van der Waals surface area contributed by atoms with E-state index in [-0.39, 0.29) is 5.91 Å². The molecule has 1 aromatic heterocycles. The number of aromatic nitrogens is 1. The van der Waals surface area contributed by atoms with Crippen molar-refractivity contribution >= 4 is 5.91 Å². The Bertz CT molecular complexity index is 243. The van der Waals surface area contributed by atoms with Gasteiger partial charge >= 0.3 is 0 Å². The molecule has 72 valence electrons. The van der Waals surface area contributed by atoms with Crippen molar-refractivity contribution in [2.45, 2.75) is 13.5 Å². The molecule has 0 radical (unpaired) electrons. The van der Waals surface area contributed by atoms with Crippen LogP contribution in [0.3, 0.4) is 0 Å². The zero-order valence-corrected chi connectivity index (χ0v) is 7.76. The molecule has 0 spiro atoms. The Labute approximate surface area is 77.7 Å². The van der Waals surface area contributed by atoms with Crippen molar-refractivity contribution in [3.05, 3.63) is 24.0 Å². The molecule has 0 aliphatic rings. The van der Waals surface area contributed by atoms with Gasteiger partial charge in [0.05, 0.1) is 6.54 Å². The Balaban J connectivity index is 2.11. The molecule has 0 aromatic carbocycles. The van der Waals surface area contributed by atoms with Crippen LogP contribution >= 0.6 is 0 Å². The van der Waals surface area contributed by atoms with E-state index in [1.807, 2.05) is 25.4 Å². The maximum atomic E-state index is 11.0. The van der Waals surface area contributed by atoms with E-state index in [1.165, 1.54) is 0 Å². The predicted molar refractivity (Wildman–Crippen MR) is 51.2 cm³/mol. The molecule has 0 unspecified atom stereocenters. The Morgan fingerprint density at radius 1 is 1.62 bits per heavy atom. The number of H-pyrrole nitrogens is 1. The molecule has 0 saturated heterocycles. The van der Waals surface area contributed by atoms with Gasteiger partial charge in [0.2, 0.25) is 5.91 Å². The number of likely N-dealkylation sites (N-methyl/N-ethyl adjacent to an activating group) is 1. The largest absolute Gasteiger partial charge is 0.367 e. The maximum Gasteiger partial charge on any atom is 0.233 e. The molecule has 1 rings (SSSR count). The number of rotatable bonds is 5. The first-order valence-electron chi connectivity index (χ1n) is 4.42. The van der Waals surface area contributed by atoms with Crippen LogP contribution in [0.5, 0.6) is 0 Å². The standard InChI is InChI=1S/C9H15N3O/c1-2-12-9(13)7-11-6-8-3-4-10-5-8/h3-5,10-11H,2,6-7H2,1H3,(H,12,13). The minimum Gasteiger partial charge on any atom is -0.367 e. The molecule has 13 heavy (non-hydrogen) atoms. The molecule has 4 heteroatoms. The predicted octanol–water partition coefficient (Wildman–Crippen LogP) is 0.240. The Morgan fingerprint density at radius 3 is 3.08 bits per heavy atom. The van der Waals surface area contributed by atoms with E-state index in [2.05, 4.69) is 15.6 Å². The summed E-state index contributed by atoms with van der Waals surface area (Å²) < 4.78 is 0. The van der Waals surface area contributed by atoms with Crippen LogP contribution < -0.4 is 10.6 Å². The molecule has 0 saturated carbocycles. The third-order valence-corrected chi connectivity index (χ3v) is 1.65. The molecule has 0 aliphatic carbocycles. The summed E-state index contributed by atoms with van der Waals surface area (Å²) >= 11 is 0. The molecule has 4 nitrogen and oxygen atoms in total. The van der Waals surface area contributed by atoms with Crippen molar-refractivity contribution in [3.8, 4) is 0 Å². The van der Waals surface area contributed by atoms with E-state index in [1.54, 1.807) is 0 Å². The quantitative estimate of drug-likeness (QED) is 0.609. The number of carbonyl (C=O) groups excluding carboxylic acids is 1. The van der Waals surface area contributed by atoms with Crippen molar-refractivity contribution < 1.29 is 4.79 Å². The summed E-state index contributed by atoms with van der Waals surface area (Å²) in [6, 6.07) is 1.98. The second-order valence-electron chi connectivity index (χ2n) is 2.78. The summed E-state index contributed by atoms with van der Waals surface area (Å²) in [6.45, 7) is 3.69. The third-order valence-electron chi connectivity index (χ3n) is 1.65. The van der Waals surface area contributed by atoms with Gasteiger partial charge in [0, 0.05) is 25.5 Å². The highest BCUT2D eigenvalue weighted by molar-refractivity contribution is 5.77. The van der Waals surface area contributed by atoms with Crippen LogP contribution in [0.25, 0.3) is 0 Å². The van der Waals surface area contributed by atoms with Gasteiger partial charge in [-0.25, -0.2) is 0 Å². The van der Waals surface area contributed by atoms with Crippen LogP contribution in [0, 0.1) is 0 Å². The van der Waals surface area contributed by atoms with Crippen molar-refractivity contribution in [2.75, 3.05) is 13.1 Å². The molecule has 1 heterocycles. The van der Waals surface area contributed by atoms with Crippen molar-refractivity contribution in [3.63, 3.8) is 0 Å². The molecule has 0 aliphatic heterocycles.